The number of ketones is 1. The van der Waals surface area contributed by atoms with Crippen molar-refractivity contribution in [1.82, 2.24) is 0 Å². The van der Waals surface area contributed by atoms with E-state index in [0.717, 1.165) is 12.0 Å². The van der Waals surface area contributed by atoms with Crippen molar-refractivity contribution in [1.29, 1.82) is 0 Å². The highest BCUT2D eigenvalue weighted by Gasteiger charge is 2.70. The highest BCUT2D eigenvalue weighted by atomic mass is 16.6. The van der Waals surface area contributed by atoms with Gasteiger partial charge in [0.25, 0.3) is 0 Å². The Morgan fingerprint density at radius 3 is 2.59 bits per heavy atom. The quantitative estimate of drug-likeness (QED) is 0.396. The highest BCUT2D eigenvalue weighted by molar-refractivity contribution is 6.13. The third kappa shape index (κ3) is 3.73. The summed E-state index contributed by atoms with van der Waals surface area (Å²) >= 11 is 0. The van der Waals surface area contributed by atoms with Crippen LogP contribution in [0.2, 0.25) is 0 Å². The Kier molecular flexibility index (Phi) is 6.22. The molecule has 156 valence electrons. The molecule has 2 saturated heterocycles. The zero-order chi connectivity index (χ0) is 21.1. The van der Waals surface area contributed by atoms with E-state index >= 15 is 0 Å². The van der Waals surface area contributed by atoms with E-state index in [4.69, 9.17) is 14.2 Å². The summed E-state index contributed by atoms with van der Waals surface area (Å²) in [7, 11) is 0. The molecule has 0 aliphatic carbocycles. The van der Waals surface area contributed by atoms with Gasteiger partial charge in [0.15, 0.2) is 5.78 Å². The van der Waals surface area contributed by atoms with Crippen molar-refractivity contribution in [2.24, 2.45) is 5.92 Å². The molecule has 2 fully saturated rings. The Hall–Kier alpha value is -2.47. The van der Waals surface area contributed by atoms with E-state index in [1.807, 2.05) is 37.3 Å². The van der Waals surface area contributed by atoms with Gasteiger partial charge in [-0.2, -0.15) is 0 Å². The van der Waals surface area contributed by atoms with Crippen molar-refractivity contribution in [2.45, 2.75) is 64.3 Å². The molecule has 3 atom stereocenters. The van der Waals surface area contributed by atoms with Gasteiger partial charge in [-0.15, -0.1) is 0 Å². The topological polar surface area (TPSA) is 78.9 Å². The molecule has 0 radical (unpaired) electrons. The number of rotatable bonds is 7. The van der Waals surface area contributed by atoms with Gasteiger partial charge >= 0.3 is 11.9 Å². The summed E-state index contributed by atoms with van der Waals surface area (Å²) in [5.41, 5.74) is -1.59. The Morgan fingerprint density at radius 1 is 1.21 bits per heavy atom. The van der Waals surface area contributed by atoms with Crippen LogP contribution in [0.15, 0.2) is 42.0 Å². The number of hydrogen-bond acceptors (Lipinski definition) is 6. The van der Waals surface area contributed by atoms with Crippen molar-refractivity contribution in [3.63, 3.8) is 0 Å². The molecular formula is C23H28O6. The number of unbranched alkanes of at least 4 members (excludes halogenated alkanes) is 1. The second-order valence-electron chi connectivity index (χ2n) is 7.71. The molecular weight excluding hydrogens is 372 g/mol. The van der Waals surface area contributed by atoms with E-state index in [1.165, 1.54) is 0 Å². The predicted molar refractivity (Wildman–Crippen MR) is 106 cm³/mol. The molecule has 29 heavy (non-hydrogen) atoms. The number of ether oxygens (including phenoxy) is 3. The lowest BCUT2D eigenvalue weighted by Crippen LogP contribution is -2.53. The normalized spacial score (nSPS) is 29.7. The van der Waals surface area contributed by atoms with E-state index in [9.17, 15) is 14.4 Å². The molecule has 0 unspecified atom stereocenters. The minimum atomic E-state index is -1.84. The first-order valence-electron chi connectivity index (χ1n) is 10.2. The Labute approximate surface area is 171 Å². The van der Waals surface area contributed by atoms with Gasteiger partial charge < -0.3 is 14.2 Å². The lowest BCUT2D eigenvalue weighted by molar-refractivity contribution is -0.191. The van der Waals surface area contributed by atoms with Gasteiger partial charge in [0, 0.05) is 6.42 Å². The average Bonchev–Trinajstić information content (AvgIpc) is 2.94. The summed E-state index contributed by atoms with van der Waals surface area (Å²) in [5.74, 6) is -2.40. The maximum Gasteiger partial charge on any atom is 0.350 e. The Balaban J connectivity index is 1.97. The van der Waals surface area contributed by atoms with Gasteiger partial charge in [0.05, 0.1) is 12.2 Å². The lowest BCUT2D eigenvalue weighted by atomic mass is 9.80. The molecule has 3 rings (SSSR count). The molecule has 0 aromatic heterocycles. The van der Waals surface area contributed by atoms with Crippen LogP contribution in [-0.4, -0.2) is 35.5 Å². The zero-order valence-corrected chi connectivity index (χ0v) is 17.2. The van der Waals surface area contributed by atoms with E-state index in [0.29, 0.717) is 18.4 Å². The molecule has 6 heteroatoms. The summed E-state index contributed by atoms with van der Waals surface area (Å²) < 4.78 is 16.9. The van der Waals surface area contributed by atoms with Gasteiger partial charge in [0.1, 0.15) is 12.5 Å². The van der Waals surface area contributed by atoms with Crippen molar-refractivity contribution in [3.05, 3.63) is 47.5 Å². The predicted octanol–water partition coefficient (Wildman–Crippen LogP) is 3.53. The molecule has 2 heterocycles. The molecule has 1 aromatic carbocycles. The fourth-order valence-electron chi connectivity index (χ4n) is 4.21. The van der Waals surface area contributed by atoms with Crippen LogP contribution in [0, 0.1) is 5.92 Å². The maximum absolute atomic E-state index is 13.2. The first-order chi connectivity index (χ1) is 13.9. The number of fused-ring (bicyclic) bond motifs is 2. The standard InChI is InChI=1S/C23H28O6/c1-4-6-12-17-19(20(25)28-15-16-10-8-7-9-11-16)22(3)14-13-18(24)23(17,29-22)21(26)27-5-2/h7-12,19H,4-6,13-15H2,1-3H3/b17-12+/t19-,22+,23+/m1/s1. The zero-order valence-electron chi connectivity index (χ0n) is 17.2. The van der Waals surface area contributed by atoms with E-state index < -0.39 is 29.1 Å². The molecule has 2 aliphatic heterocycles. The molecule has 1 aromatic rings. The van der Waals surface area contributed by atoms with Gasteiger partial charge in [-0.3, -0.25) is 9.59 Å². The summed E-state index contributed by atoms with van der Waals surface area (Å²) in [4.78, 5) is 39.0. The van der Waals surface area contributed by atoms with Gasteiger partial charge in [-0.25, -0.2) is 4.79 Å². The Morgan fingerprint density at radius 2 is 1.93 bits per heavy atom. The lowest BCUT2D eigenvalue weighted by Gasteiger charge is -2.35. The van der Waals surface area contributed by atoms with Crippen LogP contribution in [0.4, 0.5) is 0 Å². The third-order valence-electron chi connectivity index (χ3n) is 5.63. The summed E-state index contributed by atoms with van der Waals surface area (Å²) in [6.07, 6.45) is 3.72. The first kappa shape index (κ1) is 21.2. The fourth-order valence-corrected chi connectivity index (χ4v) is 4.21. The SMILES string of the molecule is CCC/C=C1\[C@H](C(=O)OCc2ccccc2)[C@]2(C)CCC(=O)[C@@]1(C(=O)OCC)O2. The van der Waals surface area contributed by atoms with Crippen LogP contribution in [0.3, 0.4) is 0 Å². The number of hydrogen-bond donors (Lipinski definition) is 0. The highest BCUT2D eigenvalue weighted by Crippen LogP contribution is 2.54. The van der Waals surface area contributed by atoms with Crippen LogP contribution in [0.5, 0.6) is 0 Å². The number of esters is 2. The minimum Gasteiger partial charge on any atom is -0.463 e. The van der Waals surface area contributed by atoms with Gasteiger partial charge in [0.2, 0.25) is 5.60 Å². The van der Waals surface area contributed by atoms with Crippen molar-refractivity contribution < 1.29 is 28.6 Å². The van der Waals surface area contributed by atoms with E-state index in [2.05, 4.69) is 0 Å². The molecule has 0 N–H and O–H groups in total. The average molecular weight is 400 g/mol. The van der Waals surface area contributed by atoms with Crippen LogP contribution in [0.1, 0.15) is 52.0 Å². The van der Waals surface area contributed by atoms with Crippen molar-refractivity contribution in [2.75, 3.05) is 6.61 Å². The molecule has 0 spiro atoms. The van der Waals surface area contributed by atoms with Crippen LogP contribution >= 0.6 is 0 Å². The number of allylic oxidation sites excluding steroid dienone is 1. The van der Waals surface area contributed by atoms with Gasteiger partial charge in [-0.05, 0) is 37.8 Å². The third-order valence-corrected chi connectivity index (χ3v) is 5.63. The second-order valence-corrected chi connectivity index (χ2v) is 7.71. The van der Waals surface area contributed by atoms with Crippen LogP contribution in [-0.2, 0) is 35.2 Å². The maximum atomic E-state index is 13.2. The van der Waals surface area contributed by atoms with Crippen LogP contribution in [0.25, 0.3) is 0 Å². The van der Waals surface area contributed by atoms with Gasteiger partial charge in [-0.1, -0.05) is 49.8 Å². The number of benzene rings is 1. The molecule has 0 amide bonds. The summed E-state index contributed by atoms with van der Waals surface area (Å²) in [5, 5.41) is 0. The van der Waals surface area contributed by atoms with E-state index in [1.54, 1.807) is 19.9 Å². The van der Waals surface area contributed by atoms with Crippen LogP contribution < -0.4 is 0 Å². The smallest absolute Gasteiger partial charge is 0.350 e. The Bertz CT molecular complexity index is 814. The molecule has 2 bridgehead atoms. The molecule has 0 saturated carbocycles. The van der Waals surface area contributed by atoms with E-state index in [-0.39, 0.29) is 25.4 Å². The van der Waals surface area contributed by atoms with Crippen molar-refractivity contribution in [3.8, 4) is 0 Å². The fraction of sp³-hybridized carbons (Fsp3) is 0.522. The summed E-state index contributed by atoms with van der Waals surface area (Å²) in [6.45, 7) is 5.68. The number of Topliss-reactive ketones (excluding diaryl/α,β-unsaturated/α-hetero) is 1. The largest absolute Gasteiger partial charge is 0.463 e. The number of carbonyl (C=O) groups excluding carboxylic acids is 3. The second kappa shape index (κ2) is 8.49. The monoisotopic (exact) mass is 400 g/mol. The minimum absolute atomic E-state index is 0.119. The molecule has 6 nitrogen and oxygen atoms in total. The van der Waals surface area contributed by atoms with Crippen molar-refractivity contribution >= 4 is 17.7 Å². The first-order valence-corrected chi connectivity index (χ1v) is 10.2. The number of carbonyl (C=O) groups is 3. The molecule has 2 aliphatic rings. The summed E-state index contributed by atoms with van der Waals surface area (Å²) in [6, 6.07) is 9.38.